The standard InChI is InChI=1S/C15H30N2O/c1-11(2)15(16)14(10-18)17-9-5-8-13(17)12-6-3-4-7-12/h11-15,18H,3-10,16H2,1-2H3. The van der Waals surface area contributed by atoms with E-state index < -0.39 is 0 Å². The fourth-order valence-electron chi connectivity index (χ4n) is 3.97. The molecule has 2 aliphatic rings. The summed E-state index contributed by atoms with van der Waals surface area (Å²) in [6, 6.07) is 0.949. The molecule has 0 bridgehead atoms. The smallest absolute Gasteiger partial charge is 0.0602 e. The Morgan fingerprint density at radius 1 is 1.17 bits per heavy atom. The van der Waals surface area contributed by atoms with Crippen molar-refractivity contribution < 1.29 is 5.11 Å². The van der Waals surface area contributed by atoms with Gasteiger partial charge in [0.05, 0.1) is 6.61 Å². The van der Waals surface area contributed by atoms with E-state index in [9.17, 15) is 5.11 Å². The molecule has 3 unspecified atom stereocenters. The molecule has 0 aromatic rings. The number of likely N-dealkylation sites (tertiary alicyclic amines) is 1. The summed E-state index contributed by atoms with van der Waals surface area (Å²) in [4.78, 5) is 2.54. The van der Waals surface area contributed by atoms with Crippen molar-refractivity contribution >= 4 is 0 Å². The second kappa shape index (κ2) is 6.36. The average Bonchev–Trinajstić information content (AvgIpc) is 2.99. The third kappa shape index (κ3) is 2.89. The molecule has 2 fully saturated rings. The van der Waals surface area contributed by atoms with Crippen molar-refractivity contribution in [2.45, 2.75) is 70.5 Å². The number of nitrogens with two attached hydrogens (primary N) is 1. The number of aliphatic hydroxyl groups is 1. The lowest BCUT2D eigenvalue weighted by Gasteiger charge is -2.39. The van der Waals surface area contributed by atoms with Gasteiger partial charge in [-0.05, 0) is 44.1 Å². The minimum atomic E-state index is 0.0944. The highest BCUT2D eigenvalue weighted by atomic mass is 16.3. The van der Waals surface area contributed by atoms with Crippen molar-refractivity contribution in [1.29, 1.82) is 0 Å². The Balaban J connectivity index is 2.03. The molecule has 2 rings (SSSR count). The molecule has 3 N–H and O–H groups in total. The highest BCUT2D eigenvalue weighted by Gasteiger charge is 2.38. The molecule has 1 saturated carbocycles. The van der Waals surface area contributed by atoms with Crippen molar-refractivity contribution in [3.63, 3.8) is 0 Å². The van der Waals surface area contributed by atoms with Crippen molar-refractivity contribution in [2.24, 2.45) is 17.6 Å². The first-order valence-electron chi connectivity index (χ1n) is 7.77. The molecule has 1 aliphatic carbocycles. The lowest BCUT2D eigenvalue weighted by atomic mass is 9.91. The zero-order chi connectivity index (χ0) is 13.1. The molecule has 0 radical (unpaired) electrons. The zero-order valence-corrected chi connectivity index (χ0v) is 12.0. The molecule has 0 aromatic heterocycles. The molecule has 18 heavy (non-hydrogen) atoms. The quantitative estimate of drug-likeness (QED) is 0.789. The normalized spacial score (nSPS) is 30.2. The van der Waals surface area contributed by atoms with Crippen LogP contribution in [0, 0.1) is 11.8 Å². The minimum absolute atomic E-state index is 0.0944. The van der Waals surface area contributed by atoms with E-state index in [-0.39, 0.29) is 18.7 Å². The van der Waals surface area contributed by atoms with Gasteiger partial charge in [-0.25, -0.2) is 0 Å². The molecule has 3 heteroatoms. The van der Waals surface area contributed by atoms with Crippen molar-refractivity contribution in [1.82, 2.24) is 4.90 Å². The maximum Gasteiger partial charge on any atom is 0.0602 e. The summed E-state index contributed by atoms with van der Waals surface area (Å²) in [5, 5.41) is 9.74. The second-order valence-corrected chi connectivity index (χ2v) is 6.56. The molecule has 1 aliphatic heterocycles. The molecule has 3 atom stereocenters. The summed E-state index contributed by atoms with van der Waals surface area (Å²) in [6.45, 7) is 5.66. The lowest BCUT2D eigenvalue weighted by molar-refractivity contribution is 0.0614. The summed E-state index contributed by atoms with van der Waals surface area (Å²) in [5.41, 5.74) is 6.31. The summed E-state index contributed by atoms with van der Waals surface area (Å²) in [7, 11) is 0. The van der Waals surface area contributed by atoms with E-state index in [0.717, 1.165) is 12.5 Å². The number of aliphatic hydroxyl groups excluding tert-OH is 1. The Labute approximate surface area is 112 Å². The van der Waals surface area contributed by atoms with Gasteiger partial charge in [-0.2, -0.15) is 0 Å². The minimum Gasteiger partial charge on any atom is -0.395 e. The van der Waals surface area contributed by atoms with Crippen LogP contribution < -0.4 is 5.73 Å². The lowest BCUT2D eigenvalue weighted by Crippen LogP contribution is -2.55. The van der Waals surface area contributed by atoms with Gasteiger partial charge in [0.15, 0.2) is 0 Å². The van der Waals surface area contributed by atoms with Gasteiger partial charge < -0.3 is 10.8 Å². The largest absolute Gasteiger partial charge is 0.395 e. The maximum absolute atomic E-state index is 9.74. The summed E-state index contributed by atoms with van der Waals surface area (Å²) in [5.74, 6) is 1.30. The van der Waals surface area contributed by atoms with Gasteiger partial charge in [-0.3, -0.25) is 4.90 Å². The third-order valence-electron chi connectivity index (χ3n) is 5.11. The Hall–Kier alpha value is -0.120. The number of hydrogen-bond acceptors (Lipinski definition) is 3. The van der Waals surface area contributed by atoms with E-state index in [1.54, 1.807) is 0 Å². The first kappa shape index (κ1) is 14.3. The highest BCUT2D eigenvalue weighted by molar-refractivity contribution is 4.94. The van der Waals surface area contributed by atoms with E-state index >= 15 is 0 Å². The van der Waals surface area contributed by atoms with Crippen LogP contribution in [0.25, 0.3) is 0 Å². The molecule has 0 aromatic carbocycles. The van der Waals surface area contributed by atoms with Crippen LogP contribution >= 0.6 is 0 Å². The summed E-state index contributed by atoms with van der Waals surface area (Å²) >= 11 is 0. The van der Waals surface area contributed by atoms with Crippen molar-refractivity contribution in [3.05, 3.63) is 0 Å². The molecule has 3 nitrogen and oxygen atoms in total. The van der Waals surface area contributed by atoms with Gasteiger partial charge in [-0.15, -0.1) is 0 Å². The fraction of sp³-hybridized carbons (Fsp3) is 1.00. The van der Waals surface area contributed by atoms with E-state index in [1.165, 1.54) is 38.5 Å². The van der Waals surface area contributed by atoms with Crippen molar-refractivity contribution in [2.75, 3.05) is 13.2 Å². The summed E-state index contributed by atoms with van der Waals surface area (Å²) in [6.07, 6.45) is 8.16. The van der Waals surface area contributed by atoms with E-state index in [1.807, 2.05) is 0 Å². The maximum atomic E-state index is 9.74. The molecule has 0 amide bonds. The molecule has 106 valence electrons. The number of nitrogens with zero attached hydrogens (tertiary/aromatic N) is 1. The van der Waals surface area contributed by atoms with Crippen LogP contribution in [-0.4, -0.2) is 41.3 Å². The van der Waals surface area contributed by atoms with Gasteiger partial charge in [0.1, 0.15) is 0 Å². The molecule has 0 spiro atoms. The molecular formula is C15H30N2O. The van der Waals surface area contributed by atoms with Gasteiger partial charge in [0.25, 0.3) is 0 Å². The van der Waals surface area contributed by atoms with Crippen molar-refractivity contribution in [3.8, 4) is 0 Å². The predicted molar refractivity (Wildman–Crippen MR) is 75.4 cm³/mol. The van der Waals surface area contributed by atoms with Crippen LogP contribution in [0.4, 0.5) is 0 Å². The van der Waals surface area contributed by atoms with E-state index in [0.29, 0.717) is 12.0 Å². The van der Waals surface area contributed by atoms with Crippen LogP contribution in [0.2, 0.25) is 0 Å². The van der Waals surface area contributed by atoms with Gasteiger partial charge in [-0.1, -0.05) is 26.7 Å². The molecule has 1 heterocycles. The van der Waals surface area contributed by atoms with Crippen LogP contribution in [0.1, 0.15) is 52.4 Å². The van der Waals surface area contributed by atoms with E-state index in [2.05, 4.69) is 18.7 Å². The number of rotatable bonds is 5. The Kier molecular flexibility index (Phi) is 5.05. The number of hydrogen-bond donors (Lipinski definition) is 2. The Bertz CT molecular complexity index is 251. The highest BCUT2D eigenvalue weighted by Crippen LogP contribution is 2.36. The molecular weight excluding hydrogens is 224 g/mol. The van der Waals surface area contributed by atoms with Gasteiger partial charge in [0.2, 0.25) is 0 Å². The zero-order valence-electron chi connectivity index (χ0n) is 12.0. The van der Waals surface area contributed by atoms with Gasteiger partial charge in [0, 0.05) is 18.1 Å². The Morgan fingerprint density at radius 2 is 1.83 bits per heavy atom. The predicted octanol–water partition coefficient (Wildman–Crippen LogP) is 1.99. The first-order valence-corrected chi connectivity index (χ1v) is 7.77. The topological polar surface area (TPSA) is 49.5 Å². The monoisotopic (exact) mass is 254 g/mol. The van der Waals surface area contributed by atoms with Crippen LogP contribution in [-0.2, 0) is 0 Å². The third-order valence-corrected chi connectivity index (χ3v) is 5.11. The summed E-state index contributed by atoms with van der Waals surface area (Å²) < 4.78 is 0. The van der Waals surface area contributed by atoms with Gasteiger partial charge >= 0.3 is 0 Å². The van der Waals surface area contributed by atoms with Crippen LogP contribution in [0.3, 0.4) is 0 Å². The van der Waals surface area contributed by atoms with E-state index in [4.69, 9.17) is 5.73 Å². The average molecular weight is 254 g/mol. The van der Waals surface area contributed by atoms with Crippen LogP contribution in [0.15, 0.2) is 0 Å². The van der Waals surface area contributed by atoms with Crippen LogP contribution in [0.5, 0.6) is 0 Å². The second-order valence-electron chi connectivity index (χ2n) is 6.56. The first-order chi connectivity index (χ1) is 8.65. The molecule has 1 saturated heterocycles. The fourth-order valence-corrected chi connectivity index (χ4v) is 3.97. The Morgan fingerprint density at radius 3 is 2.39 bits per heavy atom. The SMILES string of the molecule is CC(C)C(N)C(CO)N1CCCC1C1CCCC1.